The standard InChI is InChI=1S/C25H29NO4/c1-25(2,3)30-23(27)22-14-21(22)19-9-10-20-15-26(12-11-18(20)13-19)24(28)29-16-17-7-5-4-6-8-17/h4-10,13,21-22H,11-12,14-16H2,1-3H3/t21-,22+/m0/s1. The Hall–Kier alpha value is -2.82. The Labute approximate surface area is 178 Å². The molecule has 158 valence electrons. The van der Waals surface area contributed by atoms with Crippen LogP contribution in [0.2, 0.25) is 0 Å². The average Bonchev–Trinajstić information content (AvgIpc) is 3.52. The van der Waals surface area contributed by atoms with Crippen molar-refractivity contribution in [3.63, 3.8) is 0 Å². The first-order chi connectivity index (χ1) is 14.3. The van der Waals surface area contributed by atoms with Crippen molar-refractivity contribution >= 4 is 12.1 Å². The van der Waals surface area contributed by atoms with Crippen LogP contribution in [0, 0.1) is 5.92 Å². The molecule has 5 heteroatoms. The fourth-order valence-corrected chi connectivity index (χ4v) is 3.97. The van der Waals surface area contributed by atoms with Gasteiger partial charge in [-0.2, -0.15) is 0 Å². The molecule has 5 nitrogen and oxygen atoms in total. The summed E-state index contributed by atoms with van der Waals surface area (Å²) in [6.45, 7) is 7.19. The number of benzene rings is 2. The maximum atomic E-state index is 12.5. The molecule has 2 atom stereocenters. The molecule has 0 spiro atoms. The molecule has 1 heterocycles. The molecule has 0 radical (unpaired) electrons. The van der Waals surface area contributed by atoms with Crippen LogP contribution in [-0.2, 0) is 33.8 Å². The molecule has 0 saturated heterocycles. The van der Waals surface area contributed by atoms with E-state index in [1.807, 2.05) is 51.1 Å². The molecule has 2 aromatic carbocycles. The van der Waals surface area contributed by atoms with Gasteiger partial charge < -0.3 is 14.4 Å². The summed E-state index contributed by atoms with van der Waals surface area (Å²) in [5.74, 6) is 0.118. The largest absolute Gasteiger partial charge is 0.460 e. The highest BCUT2D eigenvalue weighted by Gasteiger charge is 2.46. The monoisotopic (exact) mass is 407 g/mol. The van der Waals surface area contributed by atoms with Crippen molar-refractivity contribution in [2.45, 2.75) is 58.3 Å². The molecule has 1 aliphatic heterocycles. The lowest BCUT2D eigenvalue weighted by atomic mass is 9.95. The maximum absolute atomic E-state index is 12.5. The zero-order valence-electron chi connectivity index (χ0n) is 17.9. The Morgan fingerprint density at radius 2 is 1.83 bits per heavy atom. The van der Waals surface area contributed by atoms with Crippen molar-refractivity contribution in [1.29, 1.82) is 0 Å². The molecule has 2 aromatic rings. The van der Waals surface area contributed by atoms with Gasteiger partial charge in [0.25, 0.3) is 0 Å². The summed E-state index contributed by atoms with van der Waals surface area (Å²) in [7, 11) is 0. The Balaban J connectivity index is 1.34. The van der Waals surface area contributed by atoms with Crippen molar-refractivity contribution in [2.75, 3.05) is 6.54 Å². The van der Waals surface area contributed by atoms with Crippen molar-refractivity contribution in [3.8, 4) is 0 Å². The first-order valence-electron chi connectivity index (χ1n) is 10.6. The molecule has 4 rings (SSSR count). The number of rotatable bonds is 4. The van der Waals surface area contributed by atoms with Gasteiger partial charge >= 0.3 is 12.1 Å². The van der Waals surface area contributed by atoms with E-state index in [4.69, 9.17) is 9.47 Å². The number of hydrogen-bond donors (Lipinski definition) is 0. The van der Waals surface area contributed by atoms with Crippen molar-refractivity contribution < 1.29 is 19.1 Å². The van der Waals surface area contributed by atoms with Crippen LogP contribution < -0.4 is 0 Å². The summed E-state index contributed by atoms with van der Waals surface area (Å²) in [6, 6.07) is 16.1. The van der Waals surface area contributed by atoms with Gasteiger partial charge in [-0.05, 0) is 61.8 Å². The molecular formula is C25H29NO4. The molecule has 1 saturated carbocycles. The number of carbonyl (C=O) groups excluding carboxylic acids is 2. The molecule has 0 N–H and O–H groups in total. The fraction of sp³-hybridized carbons (Fsp3) is 0.440. The molecule has 0 aromatic heterocycles. The molecule has 2 aliphatic rings. The van der Waals surface area contributed by atoms with E-state index in [0.29, 0.717) is 13.1 Å². The molecule has 30 heavy (non-hydrogen) atoms. The summed E-state index contributed by atoms with van der Waals surface area (Å²) in [5, 5.41) is 0. The average molecular weight is 408 g/mol. The summed E-state index contributed by atoms with van der Waals surface area (Å²) in [5.41, 5.74) is 4.14. The highest BCUT2D eigenvalue weighted by Crippen LogP contribution is 2.49. The summed E-state index contributed by atoms with van der Waals surface area (Å²) >= 11 is 0. The number of ether oxygens (including phenoxy) is 2. The predicted molar refractivity (Wildman–Crippen MR) is 114 cm³/mol. The van der Waals surface area contributed by atoms with E-state index >= 15 is 0 Å². The highest BCUT2D eigenvalue weighted by atomic mass is 16.6. The van der Waals surface area contributed by atoms with Gasteiger partial charge in [-0.15, -0.1) is 0 Å². The lowest BCUT2D eigenvalue weighted by Gasteiger charge is -2.28. The lowest BCUT2D eigenvalue weighted by Crippen LogP contribution is -2.36. The fourth-order valence-electron chi connectivity index (χ4n) is 3.97. The number of amides is 1. The van der Waals surface area contributed by atoms with E-state index in [0.717, 1.165) is 24.0 Å². The van der Waals surface area contributed by atoms with E-state index in [-0.39, 0.29) is 30.5 Å². The van der Waals surface area contributed by atoms with Gasteiger partial charge in [-0.1, -0.05) is 48.5 Å². The second-order valence-electron chi connectivity index (χ2n) is 9.22. The van der Waals surface area contributed by atoms with E-state index in [1.54, 1.807) is 4.90 Å². The quantitative estimate of drug-likeness (QED) is 0.682. The Morgan fingerprint density at radius 3 is 2.57 bits per heavy atom. The first kappa shape index (κ1) is 20.5. The second-order valence-corrected chi connectivity index (χ2v) is 9.22. The molecule has 1 amide bonds. The van der Waals surface area contributed by atoms with Gasteiger partial charge in [-0.3, -0.25) is 4.79 Å². The minimum atomic E-state index is -0.446. The van der Waals surface area contributed by atoms with Crippen LogP contribution in [0.3, 0.4) is 0 Å². The van der Waals surface area contributed by atoms with Gasteiger partial charge in [0.15, 0.2) is 0 Å². The predicted octanol–water partition coefficient (Wildman–Crippen LogP) is 4.83. The molecule has 1 aliphatic carbocycles. The van der Waals surface area contributed by atoms with E-state index in [2.05, 4.69) is 18.2 Å². The van der Waals surface area contributed by atoms with Gasteiger partial charge in [0.1, 0.15) is 12.2 Å². The Morgan fingerprint density at radius 1 is 1.07 bits per heavy atom. The molecule has 1 fully saturated rings. The van der Waals surface area contributed by atoms with Crippen molar-refractivity contribution in [2.24, 2.45) is 5.92 Å². The van der Waals surface area contributed by atoms with E-state index in [1.165, 1.54) is 11.1 Å². The van der Waals surface area contributed by atoms with E-state index < -0.39 is 5.60 Å². The normalized spacial score (nSPS) is 20.3. The minimum Gasteiger partial charge on any atom is -0.460 e. The number of carbonyl (C=O) groups is 2. The molecule has 0 bridgehead atoms. The van der Waals surface area contributed by atoms with E-state index in [9.17, 15) is 9.59 Å². The number of nitrogens with zero attached hydrogens (tertiary/aromatic N) is 1. The Bertz CT molecular complexity index is 932. The van der Waals surface area contributed by atoms with Crippen LogP contribution in [-0.4, -0.2) is 29.1 Å². The van der Waals surface area contributed by atoms with Crippen molar-refractivity contribution in [1.82, 2.24) is 4.90 Å². The van der Waals surface area contributed by atoms with Crippen LogP contribution in [0.5, 0.6) is 0 Å². The van der Waals surface area contributed by atoms with Crippen LogP contribution in [0.1, 0.15) is 55.4 Å². The smallest absolute Gasteiger partial charge is 0.410 e. The van der Waals surface area contributed by atoms with Gasteiger partial charge in [-0.25, -0.2) is 4.79 Å². The van der Waals surface area contributed by atoms with Gasteiger partial charge in [0.2, 0.25) is 0 Å². The van der Waals surface area contributed by atoms with Gasteiger partial charge in [0.05, 0.1) is 5.92 Å². The van der Waals surface area contributed by atoms with Crippen LogP contribution in [0.4, 0.5) is 4.79 Å². The number of fused-ring (bicyclic) bond motifs is 1. The third-order valence-corrected chi connectivity index (χ3v) is 5.63. The number of hydrogen-bond acceptors (Lipinski definition) is 4. The van der Waals surface area contributed by atoms with Crippen LogP contribution in [0.25, 0.3) is 0 Å². The molecule has 0 unspecified atom stereocenters. The summed E-state index contributed by atoms with van der Waals surface area (Å²) < 4.78 is 11.0. The summed E-state index contributed by atoms with van der Waals surface area (Å²) in [6.07, 6.45) is 1.37. The van der Waals surface area contributed by atoms with Crippen LogP contribution in [0.15, 0.2) is 48.5 Å². The second kappa shape index (κ2) is 8.13. The number of esters is 1. The van der Waals surface area contributed by atoms with Crippen LogP contribution >= 0.6 is 0 Å². The van der Waals surface area contributed by atoms with Crippen molar-refractivity contribution in [3.05, 3.63) is 70.8 Å². The Kier molecular flexibility index (Phi) is 5.54. The first-order valence-corrected chi connectivity index (χ1v) is 10.6. The zero-order valence-corrected chi connectivity index (χ0v) is 17.9. The zero-order chi connectivity index (χ0) is 21.3. The highest BCUT2D eigenvalue weighted by molar-refractivity contribution is 5.78. The topological polar surface area (TPSA) is 55.8 Å². The lowest BCUT2D eigenvalue weighted by molar-refractivity contribution is -0.156. The molecular weight excluding hydrogens is 378 g/mol. The third kappa shape index (κ3) is 4.84. The maximum Gasteiger partial charge on any atom is 0.410 e. The third-order valence-electron chi connectivity index (χ3n) is 5.63. The SMILES string of the molecule is CC(C)(C)OC(=O)[C@@H]1C[C@H]1c1ccc2c(c1)CCN(C(=O)OCc1ccccc1)C2. The van der Waals surface area contributed by atoms with Gasteiger partial charge in [0, 0.05) is 13.1 Å². The minimum absolute atomic E-state index is 0.0321. The summed E-state index contributed by atoms with van der Waals surface area (Å²) in [4.78, 5) is 26.5.